The third-order valence-electron chi connectivity index (χ3n) is 10.8. The van der Waals surface area contributed by atoms with Crippen LogP contribution < -0.4 is 0 Å². The van der Waals surface area contributed by atoms with E-state index >= 15 is 0 Å². The Bertz CT molecular complexity index is 2070. The van der Waals surface area contributed by atoms with Gasteiger partial charge in [-0.15, -0.1) is 0 Å². The first kappa shape index (κ1) is 25.9. The summed E-state index contributed by atoms with van der Waals surface area (Å²) in [5, 5.41) is 4.06. The number of nitrogens with zero attached hydrogens (tertiary/aromatic N) is 2. The zero-order valence-corrected chi connectivity index (χ0v) is 25.3. The number of aromatic nitrogens is 2. The Kier molecular flexibility index (Phi) is 6.04. The highest BCUT2D eigenvalue weighted by molar-refractivity contribution is 6.09. The van der Waals surface area contributed by atoms with Gasteiger partial charge in [0.2, 0.25) is 0 Å². The molecule has 1 atom stereocenters. The Hall–Kier alpha value is -4.56. The van der Waals surface area contributed by atoms with E-state index in [1.54, 1.807) is 0 Å². The van der Waals surface area contributed by atoms with Gasteiger partial charge in [0.1, 0.15) is 0 Å². The molecule has 0 bridgehead atoms. The summed E-state index contributed by atoms with van der Waals surface area (Å²) >= 11 is 0. The van der Waals surface area contributed by atoms with E-state index in [1.807, 2.05) is 0 Å². The average molecular weight is 571 g/mol. The smallest absolute Gasteiger partial charge is 0.0560 e. The molecule has 2 heterocycles. The maximum absolute atomic E-state index is 2.61. The summed E-state index contributed by atoms with van der Waals surface area (Å²) in [6.07, 6.45) is 22.0. The van der Waals surface area contributed by atoms with E-state index in [1.165, 1.54) is 92.9 Å². The Labute approximate surface area is 259 Å². The molecule has 0 aliphatic heterocycles. The summed E-state index contributed by atoms with van der Waals surface area (Å²) in [6, 6.07) is 36.6. The van der Waals surface area contributed by atoms with Gasteiger partial charge in [-0.1, -0.05) is 110 Å². The van der Waals surface area contributed by atoms with Crippen LogP contribution in [0.1, 0.15) is 67.8 Å². The van der Waals surface area contributed by atoms with E-state index in [0.717, 1.165) is 19.3 Å². The van der Waals surface area contributed by atoms with Crippen molar-refractivity contribution in [2.24, 2.45) is 0 Å². The highest BCUT2D eigenvalue weighted by Gasteiger charge is 2.37. The van der Waals surface area contributed by atoms with Crippen molar-refractivity contribution in [1.82, 2.24) is 9.13 Å². The lowest BCUT2D eigenvalue weighted by atomic mass is 9.64. The first-order chi connectivity index (χ1) is 21.8. The number of rotatable bonds is 4. The summed E-state index contributed by atoms with van der Waals surface area (Å²) in [6.45, 7) is 0. The lowest BCUT2D eigenvalue weighted by Crippen LogP contribution is -2.32. The minimum Gasteiger partial charge on any atom is -0.333 e. The maximum Gasteiger partial charge on any atom is 0.0560 e. The molecule has 0 spiro atoms. The van der Waals surface area contributed by atoms with Crippen molar-refractivity contribution in [1.29, 1.82) is 0 Å². The van der Waals surface area contributed by atoms with Gasteiger partial charge in [0.15, 0.2) is 0 Å². The van der Waals surface area contributed by atoms with Crippen LogP contribution in [0.5, 0.6) is 0 Å². The molecular weight excluding hydrogens is 532 g/mol. The minimum atomic E-state index is 0.0944. The fourth-order valence-electron chi connectivity index (χ4n) is 8.76. The van der Waals surface area contributed by atoms with E-state index in [4.69, 9.17) is 0 Å². The maximum atomic E-state index is 2.61. The van der Waals surface area contributed by atoms with Gasteiger partial charge in [-0.25, -0.2) is 0 Å². The molecule has 6 aromatic rings. The lowest BCUT2D eigenvalue weighted by Gasteiger charge is -2.41. The molecule has 2 heteroatoms. The predicted molar refractivity (Wildman–Crippen MR) is 186 cm³/mol. The molecule has 9 rings (SSSR count). The van der Waals surface area contributed by atoms with E-state index in [9.17, 15) is 0 Å². The van der Waals surface area contributed by atoms with Gasteiger partial charge in [0.05, 0.1) is 17.1 Å². The highest BCUT2D eigenvalue weighted by atomic mass is 15.0. The third-order valence-corrected chi connectivity index (χ3v) is 10.8. The predicted octanol–water partition coefficient (Wildman–Crippen LogP) is 11.0. The largest absolute Gasteiger partial charge is 0.333 e. The average Bonchev–Trinajstić information content (AvgIpc) is 3.62. The molecule has 1 unspecified atom stereocenters. The summed E-state index contributed by atoms with van der Waals surface area (Å²) in [5.41, 5.74) is 11.2. The number of para-hydroxylation sites is 3. The van der Waals surface area contributed by atoms with Crippen LogP contribution in [0.25, 0.3) is 44.5 Å². The van der Waals surface area contributed by atoms with Crippen LogP contribution in [0.4, 0.5) is 0 Å². The molecule has 0 N–H and O–H groups in total. The normalized spacial score (nSPS) is 19.5. The number of hydrogen-bond donors (Lipinski definition) is 0. The van der Waals surface area contributed by atoms with Crippen molar-refractivity contribution in [2.45, 2.75) is 62.8 Å². The monoisotopic (exact) mass is 570 g/mol. The second kappa shape index (κ2) is 10.3. The molecule has 0 amide bonds. The lowest BCUT2D eigenvalue weighted by molar-refractivity contribution is 0.342. The molecule has 1 saturated carbocycles. The number of fused-ring (bicyclic) bond motifs is 6. The Morgan fingerprint density at radius 1 is 0.636 bits per heavy atom. The van der Waals surface area contributed by atoms with E-state index in [0.29, 0.717) is 6.04 Å². The van der Waals surface area contributed by atoms with Crippen molar-refractivity contribution in [3.8, 4) is 5.69 Å². The van der Waals surface area contributed by atoms with Gasteiger partial charge < -0.3 is 9.13 Å². The van der Waals surface area contributed by atoms with Crippen LogP contribution in [0, 0.1) is 0 Å². The fraction of sp³-hybridized carbons (Fsp3) is 0.238. The highest BCUT2D eigenvalue weighted by Crippen LogP contribution is 2.48. The standard InChI is InChI=1S/C42H38N2/c1-10-28-42(29-11-1,30-20-24-32(25-21-30)43-38-16-6-2-12-34(38)35-13-3-7-17-39(35)43)31-22-26-33(27-23-31)44-40-18-8-4-14-36(40)37-15-5-9-19-41(37)44/h2-4,6-9,12-14,16-26,33H,1,5,10-11,15,27-29H2. The van der Waals surface area contributed by atoms with E-state index in [-0.39, 0.29) is 5.41 Å². The molecule has 3 aliphatic carbocycles. The number of aryl methyl sites for hydroxylation is 1. The van der Waals surface area contributed by atoms with Gasteiger partial charge in [-0.05, 0) is 85.2 Å². The molecule has 1 fully saturated rings. The second-order valence-electron chi connectivity index (χ2n) is 13.1. The van der Waals surface area contributed by atoms with Crippen LogP contribution >= 0.6 is 0 Å². The number of hydrogen-bond acceptors (Lipinski definition) is 0. The van der Waals surface area contributed by atoms with Gasteiger partial charge in [0, 0.05) is 38.5 Å². The molecular formula is C42H38N2. The summed E-state index contributed by atoms with van der Waals surface area (Å²) in [5.74, 6) is 0. The quantitative estimate of drug-likeness (QED) is 0.199. The van der Waals surface area contributed by atoms with Crippen molar-refractivity contribution in [3.05, 3.63) is 144 Å². The third kappa shape index (κ3) is 3.86. The number of allylic oxidation sites excluding steroid dienone is 5. The fourth-order valence-corrected chi connectivity index (χ4v) is 8.76. The van der Waals surface area contributed by atoms with Crippen LogP contribution in [0.3, 0.4) is 0 Å². The summed E-state index contributed by atoms with van der Waals surface area (Å²) < 4.78 is 5.04. The summed E-state index contributed by atoms with van der Waals surface area (Å²) in [4.78, 5) is 0. The van der Waals surface area contributed by atoms with Crippen molar-refractivity contribution in [2.75, 3.05) is 0 Å². The van der Waals surface area contributed by atoms with Crippen molar-refractivity contribution >= 4 is 38.8 Å². The molecule has 44 heavy (non-hydrogen) atoms. The van der Waals surface area contributed by atoms with Gasteiger partial charge >= 0.3 is 0 Å². The van der Waals surface area contributed by atoms with Crippen LogP contribution in [0.2, 0.25) is 0 Å². The molecule has 0 radical (unpaired) electrons. The van der Waals surface area contributed by atoms with Gasteiger partial charge in [-0.2, -0.15) is 0 Å². The van der Waals surface area contributed by atoms with Crippen molar-refractivity contribution < 1.29 is 0 Å². The molecule has 2 aromatic heterocycles. The zero-order chi connectivity index (χ0) is 29.1. The first-order valence-electron chi connectivity index (χ1n) is 16.6. The second-order valence-corrected chi connectivity index (χ2v) is 13.1. The van der Waals surface area contributed by atoms with E-state index in [2.05, 4.69) is 137 Å². The van der Waals surface area contributed by atoms with Gasteiger partial charge in [0.25, 0.3) is 0 Å². The topological polar surface area (TPSA) is 9.86 Å². The zero-order valence-electron chi connectivity index (χ0n) is 25.3. The minimum absolute atomic E-state index is 0.0944. The Balaban J connectivity index is 1.09. The van der Waals surface area contributed by atoms with Crippen molar-refractivity contribution in [3.63, 3.8) is 0 Å². The molecule has 3 aliphatic rings. The molecule has 2 nitrogen and oxygen atoms in total. The Morgan fingerprint density at radius 2 is 1.30 bits per heavy atom. The number of benzene rings is 4. The SMILES string of the molecule is C1=Cc2c(c3ccccc3n2C2C=CC(C3(c4ccc(-n5c6ccccc6c6ccccc65)cc4)CCCCC3)=CC2)CC1. The first-order valence-corrected chi connectivity index (χ1v) is 16.6. The molecule has 216 valence electrons. The molecule has 0 saturated heterocycles. The Morgan fingerprint density at radius 3 is 1.98 bits per heavy atom. The van der Waals surface area contributed by atoms with Crippen LogP contribution in [-0.4, -0.2) is 9.13 Å². The van der Waals surface area contributed by atoms with Gasteiger partial charge in [-0.3, -0.25) is 0 Å². The van der Waals surface area contributed by atoms with E-state index < -0.39 is 0 Å². The van der Waals surface area contributed by atoms with Crippen LogP contribution in [0.15, 0.2) is 127 Å². The molecule has 4 aromatic carbocycles. The summed E-state index contributed by atoms with van der Waals surface area (Å²) in [7, 11) is 0. The van der Waals surface area contributed by atoms with Crippen LogP contribution in [-0.2, 0) is 11.8 Å².